The zero-order chi connectivity index (χ0) is 11.8. The van der Waals surface area contributed by atoms with Crippen LogP contribution in [0.2, 0.25) is 0 Å². The van der Waals surface area contributed by atoms with Gasteiger partial charge in [-0.2, -0.15) is 0 Å². The topological polar surface area (TPSA) is 38.0 Å². The molecule has 0 amide bonds. The van der Waals surface area contributed by atoms with Crippen LogP contribution in [-0.2, 0) is 0 Å². The van der Waals surface area contributed by atoms with E-state index in [1.54, 1.807) is 6.07 Å². The Morgan fingerprint density at radius 2 is 2.18 bits per heavy atom. The molecule has 3 N–H and O–H groups in total. The summed E-state index contributed by atoms with van der Waals surface area (Å²) in [6, 6.07) is 4.51. The maximum absolute atomic E-state index is 13.1. The van der Waals surface area contributed by atoms with Gasteiger partial charge in [0, 0.05) is 6.54 Å². The molecular formula is C14H19FN2. The smallest absolute Gasteiger partial charge is 0.125 e. The summed E-state index contributed by atoms with van der Waals surface area (Å²) in [5.41, 5.74) is 7.20. The van der Waals surface area contributed by atoms with Crippen molar-refractivity contribution in [2.45, 2.75) is 25.7 Å². The van der Waals surface area contributed by atoms with E-state index in [4.69, 9.17) is 5.73 Å². The van der Waals surface area contributed by atoms with Crippen molar-refractivity contribution in [2.75, 3.05) is 17.6 Å². The van der Waals surface area contributed by atoms with Gasteiger partial charge in [-0.3, -0.25) is 0 Å². The second kappa shape index (κ2) is 4.21. The van der Waals surface area contributed by atoms with E-state index in [2.05, 4.69) is 5.32 Å². The van der Waals surface area contributed by atoms with E-state index in [0.29, 0.717) is 5.69 Å². The number of anilines is 2. The molecule has 1 aromatic rings. The SMILES string of the molecule is Nc1ccc(F)cc1NCC1CC2CCC1C2. The number of nitrogens with two attached hydrogens (primary N) is 1. The molecule has 2 fully saturated rings. The zero-order valence-corrected chi connectivity index (χ0v) is 9.95. The molecule has 0 aromatic heterocycles. The van der Waals surface area contributed by atoms with Crippen molar-refractivity contribution < 1.29 is 4.39 Å². The summed E-state index contributed by atoms with van der Waals surface area (Å²) < 4.78 is 13.1. The highest BCUT2D eigenvalue weighted by molar-refractivity contribution is 5.65. The van der Waals surface area contributed by atoms with Crippen molar-refractivity contribution >= 4 is 11.4 Å². The van der Waals surface area contributed by atoms with Gasteiger partial charge < -0.3 is 11.1 Å². The lowest BCUT2D eigenvalue weighted by Crippen LogP contribution is -2.20. The number of hydrogen-bond acceptors (Lipinski definition) is 2. The monoisotopic (exact) mass is 234 g/mol. The quantitative estimate of drug-likeness (QED) is 0.788. The summed E-state index contributed by atoms with van der Waals surface area (Å²) in [4.78, 5) is 0. The first-order chi connectivity index (χ1) is 8.22. The summed E-state index contributed by atoms with van der Waals surface area (Å²) in [6.45, 7) is 0.939. The van der Waals surface area contributed by atoms with Gasteiger partial charge in [0.15, 0.2) is 0 Å². The molecule has 17 heavy (non-hydrogen) atoms. The summed E-state index contributed by atoms with van der Waals surface area (Å²) in [5, 5.41) is 3.32. The Balaban J connectivity index is 1.62. The average Bonchev–Trinajstić information content (AvgIpc) is 2.92. The Labute approximate surface area is 101 Å². The third-order valence-corrected chi connectivity index (χ3v) is 4.45. The van der Waals surface area contributed by atoms with Crippen LogP contribution in [0.4, 0.5) is 15.8 Å². The molecule has 0 aliphatic heterocycles. The van der Waals surface area contributed by atoms with Crippen LogP contribution in [0.25, 0.3) is 0 Å². The number of fused-ring (bicyclic) bond motifs is 2. The Kier molecular flexibility index (Phi) is 2.69. The molecule has 3 heteroatoms. The first-order valence-corrected chi connectivity index (χ1v) is 6.51. The van der Waals surface area contributed by atoms with Crippen LogP contribution in [0.5, 0.6) is 0 Å². The maximum atomic E-state index is 13.1. The zero-order valence-electron chi connectivity index (χ0n) is 9.95. The predicted molar refractivity (Wildman–Crippen MR) is 68.2 cm³/mol. The maximum Gasteiger partial charge on any atom is 0.125 e. The molecule has 2 saturated carbocycles. The van der Waals surface area contributed by atoms with Crippen molar-refractivity contribution in [1.82, 2.24) is 0 Å². The van der Waals surface area contributed by atoms with Crippen LogP contribution in [0.3, 0.4) is 0 Å². The van der Waals surface area contributed by atoms with Crippen molar-refractivity contribution in [2.24, 2.45) is 17.8 Å². The molecule has 3 unspecified atom stereocenters. The van der Waals surface area contributed by atoms with Crippen molar-refractivity contribution in [3.8, 4) is 0 Å². The number of halogens is 1. The van der Waals surface area contributed by atoms with E-state index in [1.807, 2.05) is 0 Å². The third-order valence-electron chi connectivity index (χ3n) is 4.45. The molecular weight excluding hydrogens is 215 g/mol. The largest absolute Gasteiger partial charge is 0.397 e. The van der Waals surface area contributed by atoms with Gasteiger partial charge in [0.05, 0.1) is 11.4 Å². The molecule has 1 aromatic carbocycles. The molecule has 2 nitrogen and oxygen atoms in total. The van der Waals surface area contributed by atoms with Gasteiger partial charge in [0.1, 0.15) is 5.82 Å². The van der Waals surface area contributed by atoms with Gasteiger partial charge in [0.2, 0.25) is 0 Å². The molecule has 0 spiro atoms. The lowest BCUT2D eigenvalue weighted by Gasteiger charge is -2.22. The highest BCUT2D eigenvalue weighted by atomic mass is 19.1. The minimum absolute atomic E-state index is 0.227. The molecule has 92 valence electrons. The van der Waals surface area contributed by atoms with E-state index >= 15 is 0 Å². The lowest BCUT2D eigenvalue weighted by atomic mass is 9.89. The molecule has 2 aliphatic carbocycles. The van der Waals surface area contributed by atoms with Gasteiger partial charge >= 0.3 is 0 Å². The Bertz CT molecular complexity index is 419. The van der Waals surface area contributed by atoms with Crippen molar-refractivity contribution in [1.29, 1.82) is 0 Å². The lowest BCUT2D eigenvalue weighted by molar-refractivity contribution is 0.348. The highest BCUT2D eigenvalue weighted by Gasteiger charge is 2.39. The highest BCUT2D eigenvalue weighted by Crippen LogP contribution is 2.48. The van der Waals surface area contributed by atoms with Gasteiger partial charge in [-0.15, -0.1) is 0 Å². The van der Waals surface area contributed by atoms with Crippen LogP contribution in [0.1, 0.15) is 25.7 Å². The van der Waals surface area contributed by atoms with E-state index in [9.17, 15) is 4.39 Å². The first-order valence-electron chi connectivity index (χ1n) is 6.51. The van der Waals surface area contributed by atoms with Crippen molar-refractivity contribution in [3.05, 3.63) is 24.0 Å². The van der Waals surface area contributed by atoms with Crippen LogP contribution >= 0.6 is 0 Å². The van der Waals surface area contributed by atoms with Crippen molar-refractivity contribution in [3.63, 3.8) is 0 Å². The molecule has 2 aliphatic rings. The molecule has 0 heterocycles. The third kappa shape index (κ3) is 2.11. The Morgan fingerprint density at radius 1 is 1.29 bits per heavy atom. The Morgan fingerprint density at radius 3 is 2.88 bits per heavy atom. The molecule has 2 bridgehead atoms. The van der Waals surface area contributed by atoms with Crippen LogP contribution < -0.4 is 11.1 Å². The van der Waals surface area contributed by atoms with E-state index in [1.165, 1.54) is 37.8 Å². The molecule has 3 rings (SSSR count). The Hall–Kier alpha value is -1.25. The number of rotatable bonds is 3. The van der Waals surface area contributed by atoms with E-state index in [-0.39, 0.29) is 5.82 Å². The minimum atomic E-state index is -0.227. The van der Waals surface area contributed by atoms with Crippen LogP contribution in [-0.4, -0.2) is 6.54 Å². The standard InChI is InChI=1S/C14H19FN2/c15-12-3-4-13(16)14(7-12)17-8-11-6-9-1-2-10(11)5-9/h3-4,7,9-11,17H,1-2,5-6,8,16H2. The van der Waals surface area contributed by atoms with Gasteiger partial charge in [-0.05, 0) is 55.2 Å². The van der Waals surface area contributed by atoms with Gasteiger partial charge in [-0.1, -0.05) is 6.42 Å². The fraction of sp³-hybridized carbons (Fsp3) is 0.571. The van der Waals surface area contributed by atoms with Gasteiger partial charge in [0.25, 0.3) is 0 Å². The van der Waals surface area contributed by atoms with Gasteiger partial charge in [-0.25, -0.2) is 4.39 Å². The van der Waals surface area contributed by atoms with E-state index < -0.39 is 0 Å². The summed E-state index contributed by atoms with van der Waals surface area (Å²) in [6.07, 6.45) is 5.55. The number of nitrogens with one attached hydrogen (secondary N) is 1. The molecule has 0 saturated heterocycles. The van der Waals surface area contributed by atoms with Crippen LogP contribution in [0, 0.1) is 23.6 Å². The molecule has 0 radical (unpaired) electrons. The van der Waals surface area contributed by atoms with E-state index in [0.717, 1.165) is 30.0 Å². The summed E-state index contributed by atoms with van der Waals surface area (Å²) in [7, 11) is 0. The second-order valence-electron chi connectivity index (χ2n) is 5.55. The first kappa shape index (κ1) is 10.9. The number of nitrogen functional groups attached to an aromatic ring is 1. The fourth-order valence-electron chi connectivity index (χ4n) is 3.55. The number of hydrogen-bond donors (Lipinski definition) is 2. The van der Waals surface area contributed by atoms with Crippen LogP contribution in [0.15, 0.2) is 18.2 Å². The predicted octanol–water partition coefficient (Wildman–Crippen LogP) is 3.26. The second-order valence-corrected chi connectivity index (χ2v) is 5.55. The minimum Gasteiger partial charge on any atom is -0.397 e. The fourth-order valence-corrected chi connectivity index (χ4v) is 3.55. The summed E-state index contributed by atoms with van der Waals surface area (Å²) >= 11 is 0. The normalized spacial score (nSPS) is 30.8. The average molecular weight is 234 g/mol. The molecule has 3 atom stereocenters. The number of benzene rings is 1. The summed E-state index contributed by atoms with van der Waals surface area (Å²) in [5.74, 6) is 2.38.